The average Bonchev–Trinajstić information content (AvgIpc) is 2.19. The van der Waals surface area contributed by atoms with E-state index >= 15 is 0 Å². The van der Waals surface area contributed by atoms with Crippen LogP contribution in [0.3, 0.4) is 0 Å². The third kappa shape index (κ3) is 2.59. The normalized spacial score (nSPS) is 11.2. The summed E-state index contributed by atoms with van der Waals surface area (Å²) in [4.78, 5) is 13.6. The van der Waals surface area contributed by atoms with Gasteiger partial charge in [0.15, 0.2) is 17.8 Å². The lowest BCUT2D eigenvalue weighted by Gasteiger charge is -2.12. The van der Waals surface area contributed by atoms with Gasteiger partial charge in [-0.2, -0.15) is 0 Å². The van der Waals surface area contributed by atoms with Crippen LogP contribution in [-0.2, 0) is 6.67 Å². The van der Waals surface area contributed by atoms with E-state index in [4.69, 9.17) is 0 Å². The summed E-state index contributed by atoms with van der Waals surface area (Å²) in [5.41, 5.74) is -1.25. The fraction of sp³-hybridized carbons (Fsp3) is 0.250. The van der Waals surface area contributed by atoms with E-state index in [1.54, 1.807) is 0 Å². The van der Waals surface area contributed by atoms with Crippen molar-refractivity contribution in [3.05, 3.63) is 17.5 Å². The van der Waals surface area contributed by atoms with Crippen LogP contribution in [0.1, 0.15) is 16.1 Å². The molecule has 8 heteroatoms. The Morgan fingerprint density at radius 3 is 2.56 bits per heavy atom. The summed E-state index contributed by atoms with van der Waals surface area (Å²) in [7, 11) is 0. The van der Waals surface area contributed by atoms with Crippen molar-refractivity contribution in [2.75, 3.05) is 0 Å². The number of hydrogen-bond donors (Lipinski definition) is 1. The minimum absolute atomic E-state index is 0.00973. The lowest BCUT2D eigenvalue weighted by molar-refractivity contribution is -0.275. The number of rotatable bonds is 3. The fourth-order valence-corrected chi connectivity index (χ4v) is 0.940. The van der Waals surface area contributed by atoms with Gasteiger partial charge in [0.2, 0.25) is 0 Å². The molecule has 0 radical (unpaired) electrons. The number of pyridine rings is 1. The molecule has 16 heavy (non-hydrogen) atoms. The predicted octanol–water partition coefficient (Wildman–Crippen LogP) is 1.97. The molecule has 1 heterocycles. The van der Waals surface area contributed by atoms with Gasteiger partial charge in [0.25, 0.3) is 0 Å². The number of carbonyl (C=O) groups excluding carboxylic acids is 1. The SMILES string of the molecule is O=Cc1cnc(CF)c(O)c1OC(F)(F)F. The molecule has 0 spiro atoms. The molecular formula is C8H5F4NO3. The van der Waals surface area contributed by atoms with Crippen LogP contribution in [-0.4, -0.2) is 22.7 Å². The Morgan fingerprint density at radius 1 is 1.50 bits per heavy atom. The highest BCUT2D eigenvalue weighted by Crippen LogP contribution is 2.35. The van der Waals surface area contributed by atoms with E-state index in [1.807, 2.05) is 0 Å². The van der Waals surface area contributed by atoms with Gasteiger partial charge in [-0.05, 0) is 0 Å². The number of nitrogens with zero attached hydrogens (tertiary/aromatic N) is 1. The molecule has 4 nitrogen and oxygen atoms in total. The summed E-state index contributed by atoms with van der Waals surface area (Å²) in [5, 5.41) is 9.18. The van der Waals surface area contributed by atoms with Crippen LogP contribution >= 0.6 is 0 Å². The number of aromatic hydroxyl groups is 1. The van der Waals surface area contributed by atoms with Crippen molar-refractivity contribution >= 4 is 6.29 Å². The van der Waals surface area contributed by atoms with Crippen LogP contribution in [0.25, 0.3) is 0 Å². The van der Waals surface area contributed by atoms with Crippen LogP contribution in [0, 0.1) is 0 Å². The molecule has 0 fully saturated rings. The largest absolute Gasteiger partial charge is 0.573 e. The quantitative estimate of drug-likeness (QED) is 0.647. The second-order valence-corrected chi connectivity index (χ2v) is 2.64. The van der Waals surface area contributed by atoms with Crippen LogP contribution in [0.5, 0.6) is 11.5 Å². The van der Waals surface area contributed by atoms with Crippen molar-refractivity contribution < 1.29 is 32.2 Å². The molecule has 0 bridgehead atoms. The van der Waals surface area contributed by atoms with Gasteiger partial charge in [0, 0.05) is 6.20 Å². The maximum Gasteiger partial charge on any atom is 0.573 e. The third-order valence-electron chi connectivity index (χ3n) is 1.58. The van der Waals surface area contributed by atoms with Crippen LogP contribution in [0.4, 0.5) is 17.6 Å². The van der Waals surface area contributed by atoms with Crippen LogP contribution < -0.4 is 4.74 Å². The number of carbonyl (C=O) groups is 1. The van der Waals surface area contributed by atoms with Crippen molar-refractivity contribution in [2.45, 2.75) is 13.0 Å². The minimum Gasteiger partial charge on any atom is -0.503 e. The van der Waals surface area contributed by atoms with Gasteiger partial charge in [0.1, 0.15) is 12.4 Å². The highest BCUT2D eigenvalue weighted by molar-refractivity contribution is 5.80. The standard InChI is InChI=1S/C8H5F4NO3/c9-1-5-6(15)7(16-8(10,11)12)4(3-14)2-13-5/h2-3,15H,1H2. The maximum atomic E-state index is 12.2. The summed E-state index contributed by atoms with van der Waals surface area (Å²) in [5.74, 6) is -2.28. The highest BCUT2D eigenvalue weighted by atomic mass is 19.4. The molecule has 1 rings (SSSR count). The lowest BCUT2D eigenvalue weighted by Crippen LogP contribution is -2.18. The Hall–Kier alpha value is -1.86. The first-order chi connectivity index (χ1) is 7.39. The number of hydrogen-bond acceptors (Lipinski definition) is 4. The highest BCUT2D eigenvalue weighted by Gasteiger charge is 2.34. The van der Waals surface area contributed by atoms with E-state index in [-0.39, 0.29) is 6.29 Å². The smallest absolute Gasteiger partial charge is 0.503 e. The second kappa shape index (κ2) is 4.33. The van der Waals surface area contributed by atoms with Crippen molar-refractivity contribution in [1.82, 2.24) is 4.98 Å². The Labute approximate surface area is 86.5 Å². The number of ether oxygens (including phenoxy) is 1. The molecule has 0 aromatic carbocycles. The molecule has 0 aliphatic carbocycles. The molecule has 0 unspecified atom stereocenters. The first kappa shape index (κ1) is 12.2. The van der Waals surface area contributed by atoms with E-state index < -0.39 is 35.8 Å². The van der Waals surface area contributed by atoms with Crippen LogP contribution in [0.15, 0.2) is 6.20 Å². The summed E-state index contributed by atoms with van der Waals surface area (Å²) < 4.78 is 51.3. The molecule has 0 atom stereocenters. The second-order valence-electron chi connectivity index (χ2n) is 2.64. The van der Waals surface area contributed by atoms with Gasteiger partial charge in [-0.15, -0.1) is 13.2 Å². The van der Waals surface area contributed by atoms with Gasteiger partial charge in [0.05, 0.1) is 5.56 Å². The Kier molecular flexibility index (Phi) is 3.31. The number of halogens is 4. The minimum atomic E-state index is -5.09. The van der Waals surface area contributed by atoms with Gasteiger partial charge >= 0.3 is 6.36 Å². The van der Waals surface area contributed by atoms with Gasteiger partial charge in [-0.3, -0.25) is 9.78 Å². The molecule has 0 saturated carbocycles. The van der Waals surface area contributed by atoms with E-state index in [0.29, 0.717) is 6.20 Å². The molecule has 1 aromatic rings. The first-order valence-corrected chi connectivity index (χ1v) is 3.86. The topological polar surface area (TPSA) is 59.4 Å². The van der Waals surface area contributed by atoms with Crippen molar-refractivity contribution in [3.8, 4) is 11.5 Å². The number of alkyl halides is 4. The zero-order valence-corrected chi connectivity index (χ0v) is 7.58. The molecule has 0 aliphatic rings. The summed E-state index contributed by atoms with van der Waals surface area (Å²) >= 11 is 0. The van der Waals surface area contributed by atoms with Crippen molar-refractivity contribution in [2.24, 2.45) is 0 Å². The molecular weight excluding hydrogens is 234 g/mol. The molecule has 1 aromatic heterocycles. The molecule has 0 amide bonds. The average molecular weight is 239 g/mol. The van der Waals surface area contributed by atoms with E-state index in [0.717, 1.165) is 0 Å². The summed E-state index contributed by atoms with van der Waals surface area (Å²) in [6.45, 7) is -1.28. The van der Waals surface area contributed by atoms with E-state index in [2.05, 4.69) is 9.72 Å². The molecule has 88 valence electrons. The number of aromatic nitrogens is 1. The first-order valence-electron chi connectivity index (χ1n) is 3.86. The Morgan fingerprint density at radius 2 is 2.12 bits per heavy atom. The summed E-state index contributed by atoms with van der Waals surface area (Å²) in [6.07, 6.45) is -4.40. The lowest BCUT2D eigenvalue weighted by atomic mass is 10.2. The maximum absolute atomic E-state index is 12.2. The number of aldehydes is 1. The summed E-state index contributed by atoms with van der Waals surface area (Å²) in [6, 6.07) is 0. The predicted molar refractivity (Wildman–Crippen MR) is 42.8 cm³/mol. The molecule has 0 saturated heterocycles. The fourth-order valence-electron chi connectivity index (χ4n) is 0.940. The Bertz CT molecular complexity index is 405. The molecule has 1 N–H and O–H groups in total. The van der Waals surface area contributed by atoms with Gasteiger partial charge < -0.3 is 9.84 Å². The van der Waals surface area contributed by atoms with Crippen molar-refractivity contribution in [3.63, 3.8) is 0 Å². The zero-order valence-electron chi connectivity index (χ0n) is 7.58. The van der Waals surface area contributed by atoms with Gasteiger partial charge in [-0.25, -0.2) is 4.39 Å². The third-order valence-corrected chi connectivity index (χ3v) is 1.58. The monoisotopic (exact) mass is 239 g/mol. The van der Waals surface area contributed by atoms with E-state index in [9.17, 15) is 27.5 Å². The van der Waals surface area contributed by atoms with Gasteiger partial charge in [-0.1, -0.05) is 0 Å². The molecule has 0 aliphatic heterocycles. The zero-order chi connectivity index (χ0) is 12.3. The van der Waals surface area contributed by atoms with E-state index in [1.165, 1.54) is 0 Å². The van der Waals surface area contributed by atoms with Crippen molar-refractivity contribution in [1.29, 1.82) is 0 Å². The Balaban J connectivity index is 3.26. The van der Waals surface area contributed by atoms with Crippen LogP contribution in [0.2, 0.25) is 0 Å².